The molecule has 0 amide bonds. The minimum absolute atomic E-state index is 0.128. The summed E-state index contributed by atoms with van der Waals surface area (Å²) in [6, 6.07) is 25.0. The van der Waals surface area contributed by atoms with Crippen LogP contribution in [0, 0.1) is 0 Å². The number of hydrogen-bond acceptors (Lipinski definition) is 2. The summed E-state index contributed by atoms with van der Waals surface area (Å²) in [6.45, 7) is 0.443. The lowest BCUT2D eigenvalue weighted by Gasteiger charge is -2.29. The normalized spacial score (nSPS) is 16.2. The van der Waals surface area contributed by atoms with Crippen molar-refractivity contribution in [2.45, 2.75) is 30.2 Å². The standard InChI is InChI=1S/C25H24N2O2S/c28-30(29,21-9-2-1-3-10-21)27(25-15-14-19-8-4-5-12-23(19)25)17-16-20-18-26-24-13-7-6-11-22(20)24/h1-13,18,25-26H,14-17H2. The molecule has 1 atom stereocenters. The van der Waals surface area contributed by atoms with E-state index in [0.717, 1.165) is 34.9 Å². The number of rotatable bonds is 6. The highest BCUT2D eigenvalue weighted by molar-refractivity contribution is 7.89. The quantitative estimate of drug-likeness (QED) is 0.476. The largest absolute Gasteiger partial charge is 0.361 e. The third kappa shape index (κ3) is 3.34. The predicted molar refractivity (Wildman–Crippen MR) is 120 cm³/mol. The number of aromatic amines is 1. The van der Waals surface area contributed by atoms with Crippen molar-refractivity contribution in [2.24, 2.45) is 0 Å². The summed E-state index contributed by atoms with van der Waals surface area (Å²) in [6.07, 6.45) is 4.39. The Morgan fingerprint density at radius 2 is 1.63 bits per heavy atom. The number of para-hydroxylation sites is 1. The zero-order valence-electron chi connectivity index (χ0n) is 16.7. The molecular formula is C25H24N2O2S. The van der Waals surface area contributed by atoms with Crippen molar-refractivity contribution in [3.63, 3.8) is 0 Å². The van der Waals surface area contributed by atoms with E-state index in [1.165, 1.54) is 5.56 Å². The van der Waals surface area contributed by atoms with E-state index in [0.29, 0.717) is 17.9 Å². The molecule has 5 rings (SSSR count). The van der Waals surface area contributed by atoms with Crippen LogP contribution in [0.15, 0.2) is 90.0 Å². The van der Waals surface area contributed by atoms with Crippen molar-refractivity contribution in [3.05, 3.63) is 102 Å². The fourth-order valence-corrected chi connectivity index (χ4v) is 6.23. The second-order valence-corrected chi connectivity index (χ2v) is 9.68. The van der Waals surface area contributed by atoms with Crippen molar-refractivity contribution >= 4 is 20.9 Å². The van der Waals surface area contributed by atoms with Crippen LogP contribution < -0.4 is 0 Å². The maximum atomic E-state index is 13.7. The van der Waals surface area contributed by atoms with E-state index in [2.05, 4.69) is 23.2 Å². The van der Waals surface area contributed by atoms with Crippen molar-refractivity contribution in [1.82, 2.24) is 9.29 Å². The Balaban J connectivity index is 1.52. The summed E-state index contributed by atoms with van der Waals surface area (Å²) in [5.74, 6) is 0. The molecule has 0 spiro atoms. The van der Waals surface area contributed by atoms with Gasteiger partial charge in [-0.25, -0.2) is 8.42 Å². The van der Waals surface area contributed by atoms with Crippen LogP contribution >= 0.6 is 0 Å². The highest BCUT2D eigenvalue weighted by Crippen LogP contribution is 2.38. The lowest BCUT2D eigenvalue weighted by Crippen LogP contribution is -2.35. The van der Waals surface area contributed by atoms with E-state index >= 15 is 0 Å². The summed E-state index contributed by atoms with van der Waals surface area (Å²) in [4.78, 5) is 3.65. The number of hydrogen-bond donors (Lipinski definition) is 1. The van der Waals surface area contributed by atoms with Crippen molar-refractivity contribution in [3.8, 4) is 0 Å². The molecule has 1 heterocycles. The number of nitrogens with zero attached hydrogens (tertiary/aromatic N) is 1. The molecule has 30 heavy (non-hydrogen) atoms. The van der Waals surface area contributed by atoms with E-state index < -0.39 is 10.0 Å². The zero-order valence-corrected chi connectivity index (χ0v) is 17.5. The molecule has 152 valence electrons. The number of H-pyrrole nitrogens is 1. The van der Waals surface area contributed by atoms with Crippen molar-refractivity contribution in [2.75, 3.05) is 6.54 Å². The van der Waals surface area contributed by atoms with Gasteiger partial charge in [0.05, 0.1) is 10.9 Å². The number of sulfonamides is 1. The second kappa shape index (κ2) is 7.74. The number of benzene rings is 3. The Kier molecular flexibility index (Phi) is 4.93. The van der Waals surface area contributed by atoms with Gasteiger partial charge in [-0.3, -0.25) is 0 Å². The summed E-state index contributed by atoms with van der Waals surface area (Å²) in [5.41, 5.74) is 4.61. The first kappa shape index (κ1) is 19.1. The number of nitrogens with one attached hydrogen (secondary N) is 1. The molecule has 1 unspecified atom stereocenters. The van der Waals surface area contributed by atoms with Gasteiger partial charge in [0.1, 0.15) is 0 Å². The third-order valence-corrected chi connectivity index (χ3v) is 8.00. The molecule has 4 nitrogen and oxygen atoms in total. The summed E-state index contributed by atoms with van der Waals surface area (Å²) in [7, 11) is -3.61. The Hall–Kier alpha value is -2.89. The van der Waals surface area contributed by atoms with Crippen molar-refractivity contribution in [1.29, 1.82) is 0 Å². The van der Waals surface area contributed by atoms with Gasteiger partial charge < -0.3 is 4.98 Å². The third-order valence-electron chi connectivity index (χ3n) is 6.08. The predicted octanol–water partition coefficient (Wildman–Crippen LogP) is 5.09. The van der Waals surface area contributed by atoms with Crippen molar-refractivity contribution < 1.29 is 8.42 Å². The molecule has 0 bridgehead atoms. The van der Waals surface area contributed by atoms with Crippen LogP contribution in [0.3, 0.4) is 0 Å². The molecule has 1 N–H and O–H groups in total. The molecule has 4 aromatic rings. The maximum absolute atomic E-state index is 13.7. The van der Waals surface area contributed by atoms with E-state index in [4.69, 9.17) is 0 Å². The fourth-order valence-electron chi connectivity index (χ4n) is 4.57. The molecule has 0 aliphatic heterocycles. The maximum Gasteiger partial charge on any atom is 0.243 e. The minimum Gasteiger partial charge on any atom is -0.361 e. The first-order chi connectivity index (χ1) is 14.6. The van der Waals surface area contributed by atoms with Gasteiger partial charge in [0.2, 0.25) is 10.0 Å². The number of aryl methyl sites for hydroxylation is 1. The van der Waals surface area contributed by atoms with Gasteiger partial charge in [0.25, 0.3) is 0 Å². The Morgan fingerprint density at radius 3 is 2.50 bits per heavy atom. The summed E-state index contributed by atoms with van der Waals surface area (Å²) >= 11 is 0. The van der Waals surface area contributed by atoms with Gasteiger partial charge in [-0.15, -0.1) is 0 Å². The molecule has 3 aromatic carbocycles. The highest BCUT2D eigenvalue weighted by atomic mass is 32.2. The lowest BCUT2D eigenvalue weighted by atomic mass is 10.1. The molecule has 1 aromatic heterocycles. The van der Waals surface area contributed by atoms with E-state index in [1.807, 2.05) is 42.6 Å². The van der Waals surface area contributed by atoms with Crippen LogP contribution in [0.1, 0.15) is 29.2 Å². The molecule has 0 saturated heterocycles. The lowest BCUT2D eigenvalue weighted by molar-refractivity contribution is 0.325. The molecular weight excluding hydrogens is 392 g/mol. The molecule has 0 fully saturated rings. The topological polar surface area (TPSA) is 53.2 Å². The first-order valence-corrected chi connectivity index (χ1v) is 11.8. The average Bonchev–Trinajstić information content (AvgIpc) is 3.39. The number of fused-ring (bicyclic) bond motifs is 2. The van der Waals surface area contributed by atoms with Gasteiger partial charge in [0.15, 0.2) is 0 Å². The van der Waals surface area contributed by atoms with Crippen LogP contribution in [0.25, 0.3) is 10.9 Å². The fraction of sp³-hybridized carbons (Fsp3) is 0.200. The van der Waals surface area contributed by atoms with Crippen LogP contribution in [0.5, 0.6) is 0 Å². The Bertz CT molecular complexity index is 1280. The van der Waals surface area contributed by atoms with Gasteiger partial charge in [-0.05, 0) is 54.2 Å². The van der Waals surface area contributed by atoms with Crippen LogP contribution in [0.2, 0.25) is 0 Å². The van der Waals surface area contributed by atoms with Crippen LogP contribution in [0.4, 0.5) is 0 Å². The second-order valence-electron chi connectivity index (χ2n) is 7.79. The van der Waals surface area contributed by atoms with Gasteiger partial charge in [0, 0.05) is 23.6 Å². The zero-order chi connectivity index (χ0) is 20.6. The Labute approximate surface area is 177 Å². The van der Waals surface area contributed by atoms with Gasteiger partial charge in [-0.2, -0.15) is 4.31 Å². The SMILES string of the molecule is O=S(=O)(c1ccccc1)N(CCc1c[nH]c2ccccc12)C1CCc2ccccc21. The van der Waals surface area contributed by atoms with E-state index in [1.54, 1.807) is 28.6 Å². The monoisotopic (exact) mass is 416 g/mol. The summed E-state index contributed by atoms with van der Waals surface area (Å²) < 4.78 is 29.1. The molecule has 0 saturated carbocycles. The highest BCUT2D eigenvalue weighted by Gasteiger charge is 2.35. The first-order valence-electron chi connectivity index (χ1n) is 10.3. The van der Waals surface area contributed by atoms with Crippen LogP contribution in [-0.4, -0.2) is 24.3 Å². The van der Waals surface area contributed by atoms with E-state index in [-0.39, 0.29) is 6.04 Å². The smallest absolute Gasteiger partial charge is 0.243 e. The van der Waals surface area contributed by atoms with Crippen LogP contribution in [-0.2, 0) is 22.9 Å². The summed E-state index contributed by atoms with van der Waals surface area (Å²) in [5, 5.41) is 1.15. The van der Waals surface area contributed by atoms with Gasteiger partial charge >= 0.3 is 0 Å². The molecule has 5 heteroatoms. The molecule has 0 radical (unpaired) electrons. The molecule has 1 aliphatic rings. The van der Waals surface area contributed by atoms with Gasteiger partial charge in [-0.1, -0.05) is 60.7 Å². The minimum atomic E-state index is -3.61. The Morgan fingerprint density at radius 1 is 0.900 bits per heavy atom. The number of aromatic nitrogens is 1. The average molecular weight is 417 g/mol. The molecule has 1 aliphatic carbocycles. The van der Waals surface area contributed by atoms with E-state index in [9.17, 15) is 8.42 Å².